The first-order chi connectivity index (χ1) is 13.2. The molecule has 0 bridgehead atoms. The Hall–Kier alpha value is -2.25. The topological polar surface area (TPSA) is 76.1 Å². The van der Waals surface area contributed by atoms with E-state index in [1.54, 1.807) is 29.2 Å². The highest BCUT2D eigenvalue weighted by atomic mass is 79.9. The second kappa shape index (κ2) is 8.41. The number of aliphatic carboxylic acids is 1. The monoisotopic (exact) mass is 467 g/mol. The molecular formula is C20H19BrClNO5. The fourth-order valence-electron chi connectivity index (χ4n) is 2.99. The summed E-state index contributed by atoms with van der Waals surface area (Å²) in [4.78, 5) is 24.8. The Morgan fingerprint density at radius 1 is 1.29 bits per heavy atom. The summed E-state index contributed by atoms with van der Waals surface area (Å²) in [6, 6.07) is 10.3. The van der Waals surface area contributed by atoms with Crippen molar-refractivity contribution in [3.8, 4) is 11.5 Å². The standard InChI is InChI=1S/C20H19BrClNO5/c1-11-12(2)27-20(26)23(11)10-14-8-15(21)3-4-18(14)28-17-6-13(7-19(24)25)5-16(22)9-17/h3-6,8-9,11-12H,7,10H2,1-2H3,(H,24,25)/t11-,12+/m1/s1. The number of carboxylic acid groups (broad SMARTS) is 1. The van der Waals surface area contributed by atoms with Crippen LogP contribution in [0.4, 0.5) is 4.79 Å². The average Bonchev–Trinajstić information content (AvgIpc) is 2.82. The molecule has 2 aromatic rings. The normalized spacial score (nSPS) is 18.9. The SMILES string of the molecule is C[C@@H]1OC(=O)N(Cc2cc(Br)ccc2Oc2cc(Cl)cc(CC(=O)O)c2)[C@@H]1C. The number of ether oxygens (including phenoxy) is 2. The van der Waals surface area contributed by atoms with E-state index in [4.69, 9.17) is 26.2 Å². The molecule has 8 heteroatoms. The van der Waals surface area contributed by atoms with Crippen molar-refractivity contribution in [3.05, 3.63) is 57.0 Å². The molecule has 0 spiro atoms. The van der Waals surface area contributed by atoms with E-state index in [1.807, 2.05) is 26.0 Å². The molecule has 6 nitrogen and oxygen atoms in total. The Labute approximate surface area is 176 Å². The van der Waals surface area contributed by atoms with E-state index < -0.39 is 5.97 Å². The first kappa shape index (κ1) is 20.5. The largest absolute Gasteiger partial charge is 0.481 e. The number of halogens is 2. The van der Waals surface area contributed by atoms with Crippen molar-refractivity contribution in [2.45, 2.75) is 39.0 Å². The Morgan fingerprint density at radius 2 is 2.04 bits per heavy atom. The maximum atomic E-state index is 12.1. The van der Waals surface area contributed by atoms with Crippen molar-refractivity contribution in [1.82, 2.24) is 4.90 Å². The summed E-state index contributed by atoms with van der Waals surface area (Å²) in [5.74, 6) is 0.0252. The number of amides is 1. The molecule has 1 saturated heterocycles. The minimum Gasteiger partial charge on any atom is -0.481 e. The predicted molar refractivity (Wildman–Crippen MR) is 108 cm³/mol. The molecule has 0 saturated carbocycles. The number of benzene rings is 2. The highest BCUT2D eigenvalue weighted by Gasteiger charge is 2.36. The van der Waals surface area contributed by atoms with E-state index >= 15 is 0 Å². The molecule has 28 heavy (non-hydrogen) atoms. The second-order valence-electron chi connectivity index (χ2n) is 6.68. The quantitative estimate of drug-likeness (QED) is 0.626. The molecule has 1 aliphatic heterocycles. The third-order valence-electron chi connectivity index (χ3n) is 4.57. The zero-order chi connectivity index (χ0) is 20.4. The summed E-state index contributed by atoms with van der Waals surface area (Å²) in [7, 11) is 0. The van der Waals surface area contributed by atoms with Gasteiger partial charge >= 0.3 is 12.1 Å². The van der Waals surface area contributed by atoms with Gasteiger partial charge < -0.3 is 14.6 Å². The van der Waals surface area contributed by atoms with Crippen LogP contribution in [-0.2, 0) is 22.5 Å². The molecule has 0 radical (unpaired) electrons. The Kier molecular flexibility index (Phi) is 6.15. The van der Waals surface area contributed by atoms with Gasteiger partial charge in [0.1, 0.15) is 17.6 Å². The van der Waals surface area contributed by atoms with Crippen molar-refractivity contribution >= 4 is 39.6 Å². The Morgan fingerprint density at radius 3 is 2.68 bits per heavy atom. The molecule has 1 amide bonds. The molecular weight excluding hydrogens is 450 g/mol. The van der Waals surface area contributed by atoms with Gasteiger partial charge in [0.25, 0.3) is 0 Å². The van der Waals surface area contributed by atoms with Gasteiger partial charge in [-0.2, -0.15) is 0 Å². The van der Waals surface area contributed by atoms with E-state index in [0.717, 1.165) is 10.0 Å². The summed E-state index contributed by atoms with van der Waals surface area (Å²) in [5, 5.41) is 9.39. The lowest BCUT2D eigenvalue weighted by Crippen LogP contribution is -2.32. The van der Waals surface area contributed by atoms with E-state index in [1.165, 1.54) is 0 Å². The van der Waals surface area contributed by atoms with Crippen LogP contribution in [0.1, 0.15) is 25.0 Å². The van der Waals surface area contributed by atoms with Crippen molar-refractivity contribution in [1.29, 1.82) is 0 Å². The number of cyclic esters (lactones) is 1. The zero-order valence-corrected chi connectivity index (χ0v) is 17.7. The van der Waals surface area contributed by atoms with Crippen molar-refractivity contribution < 1.29 is 24.2 Å². The highest BCUT2D eigenvalue weighted by molar-refractivity contribution is 9.10. The maximum absolute atomic E-state index is 12.1. The maximum Gasteiger partial charge on any atom is 0.410 e. The van der Waals surface area contributed by atoms with E-state index in [9.17, 15) is 9.59 Å². The smallest absolute Gasteiger partial charge is 0.410 e. The highest BCUT2D eigenvalue weighted by Crippen LogP contribution is 2.33. The van der Waals surface area contributed by atoms with Gasteiger partial charge in [-0.15, -0.1) is 0 Å². The van der Waals surface area contributed by atoms with Gasteiger partial charge in [0, 0.05) is 15.1 Å². The van der Waals surface area contributed by atoms with Crippen LogP contribution in [-0.4, -0.2) is 34.2 Å². The van der Waals surface area contributed by atoms with Gasteiger partial charge in [-0.1, -0.05) is 27.5 Å². The number of carboxylic acids is 1. The minimum absolute atomic E-state index is 0.0623. The van der Waals surface area contributed by atoms with Crippen molar-refractivity contribution in [2.75, 3.05) is 0 Å². The van der Waals surface area contributed by atoms with Gasteiger partial charge in [0.15, 0.2) is 0 Å². The summed E-state index contributed by atoms with van der Waals surface area (Å²) in [6.45, 7) is 4.11. The van der Waals surface area contributed by atoms with Crippen LogP contribution in [0, 0.1) is 0 Å². The Balaban J connectivity index is 1.88. The van der Waals surface area contributed by atoms with Gasteiger partial charge in [-0.25, -0.2) is 4.79 Å². The number of hydrogen-bond acceptors (Lipinski definition) is 4. The Bertz CT molecular complexity index is 919. The molecule has 0 unspecified atom stereocenters. The molecule has 1 aliphatic rings. The van der Waals surface area contributed by atoms with Crippen LogP contribution < -0.4 is 4.74 Å². The lowest BCUT2D eigenvalue weighted by atomic mass is 10.1. The molecule has 1 fully saturated rings. The third-order valence-corrected chi connectivity index (χ3v) is 5.28. The second-order valence-corrected chi connectivity index (χ2v) is 8.03. The lowest BCUT2D eigenvalue weighted by Gasteiger charge is -2.21. The molecule has 148 valence electrons. The number of nitrogens with zero attached hydrogens (tertiary/aromatic N) is 1. The predicted octanol–water partition coefficient (Wildman–Crippen LogP) is 5.25. The van der Waals surface area contributed by atoms with Crippen molar-refractivity contribution in [3.63, 3.8) is 0 Å². The van der Waals surface area contributed by atoms with Crippen LogP contribution in [0.15, 0.2) is 40.9 Å². The first-order valence-corrected chi connectivity index (χ1v) is 9.85. The van der Waals surface area contributed by atoms with Crippen LogP contribution in [0.5, 0.6) is 11.5 Å². The van der Waals surface area contributed by atoms with Crippen LogP contribution in [0.3, 0.4) is 0 Å². The third kappa shape index (κ3) is 4.77. The molecule has 2 aromatic carbocycles. The van der Waals surface area contributed by atoms with E-state index in [2.05, 4.69) is 15.9 Å². The fraction of sp³-hybridized carbons (Fsp3) is 0.300. The van der Waals surface area contributed by atoms with Gasteiger partial charge in [0.2, 0.25) is 0 Å². The molecule has 2 atom stereocenters. The fourth-order valence-corrected chi connectivity index (χ4v) is 3.65. The van der Waals surface area contributed by atoms with Crippen LogP contribution in [0.25, 0.3) is 0 Å². The summed E-state index contributed by atoms with van der Waals surface area (Å²) >= 11 is 9.55. The van der Waals surface area contributed by atoms with Gasteiger partial charge in [0.05, 0.1) is 19.0 Å². The number of carbonyl (C=O) groups is 2. The number of rotatable bonds is 6. The average molecular weight is 469 g/mol. The number of carbonyl (C=O) groups excluding carboxylic acids is 1. The first-order valence-electron chi connectivity index (χ1n) is 8.67. The van der Waals surface area contributed by atoms with E-state index in [0.29, 0.717) is 28.6 Å². The minimum atomic E-state index is -0.951. The van der Waals surface area contributed by atoms with Crippen molar-refractivity contribution in [2.24, 2.45) is 0 Å². The van der Waals surface area contributed by atoms with Gasteiger partial charge in [-0.05, 0) is 55.8 Å². The van der Waals surface area contributed by atoms with Gasteiger partial charge in [-0.3, -0.25) is 9.69 Å². The van der Waals surface area contributed by atoms with E-state index in [-0.39, 0.29) is 24.7 Å². The zero-order valence-electron chi connectivity index (χ0n) is 15.3. The van der Waals surface area contributed by atoms with Crippen LogP contribution in [0.2, 0.25) is 5.02 Å². The summed E-state index contributed by atoms with van der Waals surface area (Å²) in [6.07, 6.45) is -0.702. The lowest BCUT2D eigenvalue weighted by molar-refractivity contribution is -0.136. The number of hydrogen-bond donors (Lipinski definition) is 1. The molecule has 1 heterocycles. The summed E-state index contributed by atoms with van der Waals surface area (Å²) < 4.78 is 12.1. The van der Waals surface area contributed by atoms with Crippen LogP contribution >= 0.6 is 27.5 Å². The molecule has 0 aliphatic carbocycles. The summed E-state index contributed by atoms with van der Waals surface area (Å²) in [5.41, 5.74) is 1.33. The molecule has 1 N–H and O–H groups in total. The molecule has 3 rings (SSSR count). The molecule has 0 aromatic heterocycles.